The van der Waals surface area contributed by atoms with Crippen LogP contribution in [0.25, 0.3) is 0 Å². The normalized spacial score (nSPS) is 27.4. The van der Waals surface area contributed by atoms with Crippen molar-refractivity contribution in [2.45, 2.75) is 13.2 Å². The molecule has 0 saturated carbocycles. The highest BCUT2D eigenvalue weighted by atomic mass is 16.5. The lowest BCUT2D eigenvalue weighted by molar-refractivity contribution is 0.0939. The van der Waals surface area contributed by atoms with Crippen molar-refractivity contribution in [2.24, 2.45) is 0 Å². The van der Waals surface area contributed by atoms with Gasteiger partial charge in [-0.1, -0.05) is 6.08 Å². The molecule has 2 aliphatic heterocycles. The van der Waals surface area contributed by atoms with Gasteiger partial charge in [0.15, 0.2) is 14.1 Å². The largest absolute Gasteiger partial charge is 0.484 e. The highest BCUT2D eigenvalue weighted by Gasteiger charge is 2.24. The Labute approximate surface area is 67.2 Å². The Balaban J connectivity index is 2.38. The average Bonchev–Trinajstić information content (AvgIpc) is 2.30. The van der Waals surface area contributed by atoms with Crippen molar-refractivity contribution < 1.29 is 4.74 Å². The molecule has 3 heteroatoms. The third kappa shape index (κ3) is 0.879. The summed E-state index contributed by atoms with van der Waals surface area (Å²) >= 11 is 0. The molecule has 2 heterocycles. The zero-order valence-electron chi connectivity index (χ0n) is 6.32. The van der Waals surface area contributed by atoms with Crippen LogP contribution in [0.2, 0.25) is 0 Å². The molecule has 2 radical (unpaired) electrons. The lowest BCUT2D eigenvalue weighted by Crippen LogP contribution is -2.22. The number of rotatable bonds is 0. The lowest BCUT2D eigenvalue weighted by Gasteiger charge is -2.20. The van der Waals surface area contributed by atoms with Gasteiger partial charge in [-0.05, 0) is 19.1 Å². The van der Waals surface area contributed by atoms with E-state index in [2.05, 4.69) is 0 Å². The molecule has 11 heavy (non-hydrogen) atoms. The van der Waals surface area contributed by atoms with Crippen molar-refractivity contribution in [3.63, 3.8) is 0 Å². The zero-order chi connectivity index (χ0) is 7.84. The Morgan fingerprint density at radius 1 is 1.55 bits per heavy atom. The monoisotopic (exact) mass is 145 g/mol. The highest BCUT2D eigenvalue weighted by molar-refractivity contribution is 6.21. The van der Waals surface area contributed by atoms with E-state index in [9.17, 15) is 0 Å². The van der Waals surface area contributed by atoms with Gasteiger partial charge >= 0.3 is 0 Å². The maximum atomic E-state index is 5.61. The molecule has 1 unspecified atom stereocenters. The van der Waals surface area contributed by atoms with Crippen molar-refractivity contribution in [1.29, 1.82) is 0 Å². The van der Waals surface area contributed by atoms with Crippen LogP contribution in [-0.4, -0.2) is 19.0 Å². The summed E-state index contributed by atoms with van der Waals surface area (Å²) in [5, 5.41) is 0. The molecule has 2 nitrogen and oxygen atoms in total. The Morgan fingerprint density at radius 3 is 3.09 bits per heavy atom. The van der Waals surface area contributed by atoms with Gasteiger partial charge in [0.05, 0.1) is 11.4 Å². The summed E-state index contributed by atoms with van der Waals surface area (Å²) in [5.41, 5.74) is 1.47. The van der Waals surface area contributed by atoms with E-state index in [4.69, 9.17) is 12.6 Å². The smallest absolute Gasteiger partial charge is 0.171 e. The minimum absolute atomic E-state index is 0.0335. The fraction of sp³-hybridized carbons (Fsp3) is 0.250. The van der Waals surface area contributed by atoms with E-state index in [1.165, 1.54) is 0 Å². The van der Waals surface area contributed by atoms with Crippen molar-refractivity contribution >= 4 is 7.85 Å². The zero-order valence-corrected chi connectivity index (χ0v) is 6.32. The van der Waals surface area contributed by atoms with E-state index in [1.807, 2.05) is 36.3 Å². The van der Waals surface area contributed by atoms with E-state index >= 15 is 0 Å². The molecule has 0 aliphatic carbocycles. The molecular formula is C8H8BNO. The molecule has 0 N–H and O–H groups in total. The SMILES string of the molecule is [B]C1=C2C=CC=CN2C(C)O1. The number of nitrogens with zero attached hydrogens (tertiary/aromatic N) is 1. The highest BCUT2D eigenvalue weighted by Crippen LogP contribution is 2.26. The van der Waals surface area contributed by atoms with E-state index < -0.39 is 0 Å². The van der Waals surface area contributed by atoms with E-state index in [0.29, 0.717) is 5.66 Å². The molecule has 0 aromatic carbocycles. The van der Waals surface area contributed by atoms with Crippen molar-refractivity contribution in [3.8, 4) is 0 Å². The van der Waals surface area contributed by atoms with E-state index in [-0.39, 0.29) is 6.23 Å². The molecule has 0 saturated heterocycles. The molecule has 0 spiro atoms. The molecule has 54 valence electrons. The molecule has 2 rings (SSSR count). The second-order valence-electron chi connectivity index (χ2n) is 2.57. The van der Waals surface area contributed by atoms with Crippen molar-refractivity contribution in [3.05, 3.63) is 35.8 Å². The summed E-state index contributed by atoms with van der Waals surface area (Å²) in [6.07, 6.45) is 7.84. The van der Waals surface area contributed by atoms with Gasteiger partial charge in [-0.25, -0.2) is 0 Å². The van der Waals surface area contributed by atoms with Gasteiger partial charge in [0.2, 0.25) is 0 Å². The quantitative estimate of drug-likeness (QED) is 0.473. The van der Waals surface area contributed by atoms with Gasteiger partial charge in [0, 0.05) is 6.20 Å². The molecule has 0 fully saturated rings. The third-order valence-electron chi connectivity index (χ3n) is 1.83. The maximum absolute atomic E-state index is 5.61. The van der Waals surface area contributed by atoms with Gasteiger partial charge in [-0.2, -0.15) is 0 Å². The van der Waals surface area contributed by atoms with Gasteiger partial charge in [-0.3, -0.25) is 0 Å². The summed E-state index contributed by atoms with van der Waals surface area (Å²) in [4.78, 5) is 2.00. The standard InChI is InChI=1S/C8H8BNO/c1-6-10-5-3-2-4-7(10)8(9)11-6/h2-6H,1H3. The van der Waals surface area contributed by atoms with Crippen LogP contribution in [0.3, 0.4) is 0 Å². The molecule has 2 aliphatic rings. The average molecular weight is 145 g/mol. The van der Waals surface area contributed by atoms with Crippen LogP contribution in [0, 0.1) is 0 Å². The first-order chi connectivity index (χ1) is 5.29. The van der Waals surface area contributed by atoms with Crippen LogP contribution in [0.1, 0.15) is 6.92 Å². The second kappa shape index (κ2) is 2.19. The Morgan fingerprint density at radius 2 is 2.36 bits per heavy atom. The van der Waals surface area contributed by atoms with Gasteiger partial charge < -0.3 is 9.64 Å². The minimum Gasteiger partial charge on any atom is -0.484 e. The Kier molecular flexibility index (Phi) is 1.31. The van der Waals surface area contributed by atoms with Crippen LogP contribution in [0.4, 0.5) is 0 Å². The molecule has 0 aromatic heterocycles. The fourth-order valence-electron chi connectivity index (χ4n) is 1.28. The van der Waals surface area contributed by atoms with Crippen LogP contribution in [0.5, 0.6) is 0 Å². The molecule has 0 amide bonds. The van der Waals surface area contributed by atoms with Gasteiger partial charge in [0.1, 0.15) is 0 Å². The molecule has 0 aromatic rings. The van der Waals surface area contributed by atoms with E-state index in [0.717, 1.165) is 5.70 Å². The molecular weight excluding hydrogens is 137 g/mol. The minimum atomic E-state index is 0.0335. The lowest BCUT2D eigenvalue weighted by atomic mass is 10.0. The summed E-state index contributed by atoms with van der Waals surface area (Å²) in [7, 11) is 5.61. The first-order valence-corrected chi connectivity index (χ1v) is 3.58. The van der Waals surface area contributed by atoms with Crippen LogP contribution < -0.4 is 0 Å². The van der Waals surface area contributed by atoms with Crippen molar-refractivity contribution in [1.82, 2.24) is 4.90 Å². The topological polar surface area (TPSA) is 12.5 Å². The Bertz CT molecular complexity index is 267. The van der Waals surface area contributed by atoms with Gasteiger partial charge in [-0.15, -0.1) is 0 Å². The first kappa shape index (κ1) is 6.59. The first-order valence-electron chi connectivity index (χ1n) is 3.58. The molecule has 0 bridgehead atoms. The van der Waals surface area contributed by atoms with Crippen LogP contribution in [0.15, 0.2) is 35.8 Å². The number of ether oxygens (including phenoxy) is 1. The number of hydrogen-bond acceptors (Lipinski definition) is 2. The van der Waals surface area contributed by atoms with E-state index in [1.54, 1.807) is 0 Å². The summed E-state index contributed by atoms with van der Waals surface area (Å²) in [6.45, 7) is 1.96. The number of fused-ring (bicyclic) bond motifs is 1. The Hall–Kier alpha value is -1.12. The summed E-state index contributed by atoms with van der Waals surface area (Å²) < 4.78 is 5.29. The number of hydrogen-bond donors (Lipinski definition) is 0. The second-order valence-corrected chi connectivity index (χ2v) is 2.57. The predicted molar refractivity (Wildman–Crippen MR) is 43.4 cm³/mol. The third-order valence-corrected chi connectivity index (χ3v) is 1.83. The summed E-state index contributed by atoms with van der Waals surface area (Å²) in [5.74, 6) is 0. The van der Waals surface area contributed by atoms with Crippen molar-refractivity contribution in [2.75, 3.05) is 0 Å². The van der Waals surface area contributed by atoms with Crippen LogP contribution >= 0.6 is 0 Å². The van der Waals surface area contributed by atoms with Gasteiger partial charge in [0.25, 0.3) is 0 Å². The predicted octanol–water partition coefficient (Wildman–Crippen LogP) is 1.09. The fourth-order valence-corrected chi connectivity index (χ4v) is 1.28. The summed E-state index contributed by atoms with van der Waals surface area (Å²) in [6, 6.07) is 0. The van der Waals surface area contributed by atoms with Crippen LogP contribution in [-0.2, 0) is 4.74 Å². The maximum Gasteiger partial charge on any atom is 0.171 e. The number of allylic oxidation sites excluding steroid dienone is 3. The molecule has 1 atom stereocenters.